The van der Waals surface area contributed by atoms with Crippen molar-refractivity contribution in [3.05, 3.63) is 0 Å². The van der Waals surface area contributed by atoms with Gasteiger partial charge in [-0.05, 0) is 45.6 Å². The highest BCUT2D eigenvalue weighted by Crippen LogP contribution is 2.26. The van der Waals surface area contributed by atoms with Gasteiger partial charge in [0.2, 0.25) is 5.91 Å². The number of carbonyl (C=O) groups excluding carboxylic acids is 1. The van der Waals surface area contributed by atoms with Gasteiger partial charge in [-0.1, -0.05) is 0 Å². The maximum absolute atomic E-state index is 11.5. The van der Waals surface area contributed by atoms with E-state index in [0.717, 1.165) is 44.5 Å². The molecule has 2 rings (SSSR count). The van der Waals surface area contributed by atoms with Gasteiger partial charge in [-0.15, -0.1) is 0 Å². The van der Waals surface area contributed by atoms with Crippen LogP contribution in [0.2, 0.25) is 0 Å². The minimum Gasteiger partial charge on any atom is -0.359 e. The lowest BCUT2D eigenvalue weighted by molar-refractivity contribution is -0.121. The molecule has 2 aliphatic rings. The van der Waals surface area contributed by atoms with E-state index in [-0.39, 0.29) is 5.91 Å². The largest absolute Gasteiger partial charge is 0.359 e. The molecule has 0 aromatic carbocycles. The van der Waals surface area contributed by atoms with Crippen LogP contribution in [0.25, 0.3) is 0 Å². The number of hydrogen-bond donors (Lipinski definition) is 2. The number of amides is 1. The predicted octanol–water partition coefficient (Wildman–Crippen LogP) is 0.893. The van der Waals surface area contributed by atoms with E-state index in [0.29, 0.717) is 18.4 Å². The first kappa shape index (κ1) is 18.0. The van der Waals surface area contributed by atoms with E-state index in [1.165, 1.54) is 12.8 Å². The van der Waals surface area contributed by atoms with Crippen LogP contribution in [0.1, 0.15) is 39.0 Å². The fourth-order valence-electron chi connectivity index (χ4n) is 3.27. The average molecular weight is 323 g/mol. The maximum Gasteiger partial charge on any atom is 0.220 e. The molecule has 23 heavy (non-hydrogen) atoms. The van der Waals surface area contributed by atoms with Crippen LogP contribution in [-0.4, -0.2) is 74.5 Å². The highest BCUT2D eigenvalue weighted by molar-refractivity contribution is 5.80. The van der Waals surface area contributed by atoms with E-state index in [4.69, 9.17) is 0 Å². The van der Waals surface area contributed by atoms with Crippen molar-refractivity contribution in [3.8, 4) is 0 Å². The summed E-state index contributed by atoms with van der Waals surface area (Å²) in [5.74, 6) is 1.66. The molecule has 1 unspecified atom stereocenters. The number of likely N-dealkylation sites (tertiary alicyclic amines) is 1. The summed E-state index contributed by atoms with van der Waals surface area (Å²) in [4.78, 5) is 20.7. The molecule has 1 saturated heterocycles. The lowest BCUT2D eigenvalue weighted by atomic mass is 9.93. The quantitative estimate of drug-likeness (QED) is 0.563. The Balaban J connectivity index is 1.73. The van der Waals surface area contributed by atoms with E-state index in [9.17, 15) is 4.79 Å². The van der Waals surface area contributed by atoms with Crippen LogP contribution in [0.4, 0.5) is 0 Å². The number of hydrogen-bond acceptors (Lipinski definition) is 3. The number of nitrogens with zero attached hydrogens (tertiary/aromatic N) is 3. The minimum atomic E-state index is 0.155. The molecule has 2 N–H and O–H groups in total. The van der Waals surface area contributed by atoms with E-state index in [1.807, 2.05) is 7.05 Å². The summed E-state index contributed by atoms with van der Waals surface area (Å²) in [5, 5.41) is 6.25. The molecule has 0 radical (unpaired) electrons. The smallest absolute Gasteiger partial charge is 0.220 e. The molecule has 1 aliphatic carbocycles. The highest BCUT2D eigenvalue weighted by Gasteiger charge is 2.29. The molecule has 1 saturated carbocycles. The fourth-order valence-corrected chi connectivity index (χ4v) is 3.27. The second kappa shape index (κ2) is 8.52. The normalized spacial score (nSPS) is 21.4. The number of nitrogens with one attached hydrogen (secondary N) is 2. The summed E-state index contributed by atoms with van der Waals surface area (Å²) in [7, 11) is 5.79. The van der Waals surface area contributed by atoms with Gasteiger partial charge in [0.25, 0.3) is 0 Å². The number of aliphatic imine (C=N–C) groups is 1. The summed E-state index contributed by atoms with van der Waals surface area (Å²) in [5.41, 5.74) is 0. The molecular weight excluding hydrogens is 290 g/mol. The number of rotatable bonds is 6. The molecule has 1 heterocycles. The van der Waals surface area contributed by atoms with Crippen molar-refractivity contribution in [1.29, 1.82) is 0 Å². The Kier molecular flexibility index (Phi) is 6.69. The third-order valence-electron chi connectivity index (χ3n) is 5.25. The molecule has 1 atom stereocenters. The lowest BCUT2D eigenvalue weighted by Gasteiger charge is -2.35. The van der Waals surface area contributed by atoms with Crippen molar-refractivity contribution in [3.63, 3.8) is 0 Å². The molecule has 0 spiro atoms. The van der Waals surface area contributed by atoms with Crippen LogP contribution in [-0.2, 0) is 4.79 Å². The van der Waals surface area contributed by atoms with Crippen LogP contribution in [0.5, 0.6) is 0 Å². The standard InChI is InChI=1S/C17H33N5O/c1-13(21(4)15-5-6-15)12-20-17(19-3)22-9-7-14(8-10-22)11-16(23)18-2/h13-15H,5-12H2,1-4H3,(H,18,23)(H,19,20). The monoisotopic (exact) mass is 323 g/mol. The Bertz CT molecular complexity index is 413. The summed E-state index contributed by atoms with van der Waals surface area (Å²) < 4.78 is 0. The van der Waals surface area contributed by atoms with Gasteiger partial charge < -0.3 is 15.5 Å². The van der Waals surface area contributed by atoms with Gasteiger partial charge in [-0.3, -0.25) is 14.7 Å². The first-order valence-electron chi connectivity index (χ1n) is 8.93. The van der Waals surface area contributed by atoms with E-state index < -0.39 is 0 Å². The Morgan fingerprint density at radius 2 is 1.96 bits per heavy atom. The Morgan fingerprint density at radius 1 is 1.30 bits per heavy atom. The van der Waals surface area contributed by atoms with Gasteiger partial charge in [-0.2, -0.15) is 0 Å². The Morgan fingerprint density at radius 3 is 2.48 bits per heavy atom. The zero-order valence-corrected chi connectivity index (χ0v) is 15.1. The SMILES string of the molecule is CN=C(NCC(C)N(C)C1CC1)N1CCC(CC(=O)NC)CC1. The van der Waals surface area contributed by atoms with Gasteiger partial charge in [0.15, 0.2) is 5.96 Å². The first-order valence-corrected chi connectivity index (χ1v) is 8.93. The highest BCUT2D eigenvalue weighted by atomic mass is 16.1. The van der Waals surface area contributed by atoms with Crippen molar-refractivity contribution in [2.24, 2.45) is 10.9 Å². The van der Waals surface area contributed by atoms with Gasteiger partial charge >= 0.3 is 0 Å². The number of likely N-dealkylation sites (N-methyl/N-ethyl adjacent to an activating group) is 1. The molecule has 1 aliphatic heterocycles. The minimum absolute atomic E-state index is 0.155. The van der Waals surface area contributed by atoms with Crippen LogP contribution < -0.4 is 10.6 Å². The van der Waals surface area contributed by atoms with Crippen LogP contribution in [0.15, 0.2) is 4.99 Å². The number of guanidine groups is 1. The molecular formula is C17H33N5O. The van der Waals surface area contributed by atoms with Crippen molar-refractivity contribution in [2.75, 3.05) is 40.8 Å². The van der Waals surface area contributed by atoms with E-state index in [2.05, 4.69) is 39.4 Å². The lowest BCUT2D eigenvalue weighted by Crippen LogP contribution is -2.49. The van der Waals surface area contributed by atoms with E-state index in [1.54, 1.807) is 7.05 Å². The van der Waals surface area contributed by atoms with Crippen molar-refractivity contribution in [1.82, 2.24) is 20.4 Å². The molecule has 1 amide bonds. The zero-order valence-electron chi connectivity index (χ0n) is 15.1. The van der Waals surface area contributed by atoms with Gasteiger partial charge in [-0.25, -0.2) is 0 Å². The third kappa shape index (κ3) is 5.37. The molecule has 6 nitrogen and oxygen atoms in total. The van der Waals surface area contributed by atoms with Gasteiger partial charge in [0, 0.05) is 52.2 Å². The molecule has 0 aromatic rings. The molecule has 6 heteroatoms. The summed E-state index contributed by atoms with van der Waals surface area (Å²) in [6, 6.07) is 1.30. The molecule has 2 fully saturated rings. The fraction of sp³-hybridized carbons (Fsp3) is 0.882. The Hall–Kier alpha value is -1.30. The average Bonchev–Trinajstić information content (AvgIpc) is 3.40. The summed E-state index contributed by atoms with van der Waals surface area (Å²) >= 11 is 0. The number of piperidine rings is 1. The van der Waals surface area contributed by atoms with Crippen molar-refractivity contribution >= 4 is 11.9 Å². The summed E-state index contributed by atoms with van der Waals surface area (Å²) in [6.07, 6.45) is 5.46. The topological polar surface area (TPSA) is 60.0 Å². The zero-order chi connectivity index (χ0) is 16.8. The van der Waals surface area contributed by atoms with Gasteiger partial charge in [0.05, 0.1) is 0 Å². The van der Waals surface area contributed by atoms with Crippen molar-refractivity contribution in [2.45, 2.75) is 51.1 Å². The van der Waals surface area contributed by atoms with Crippen LogP contribution in [0.3, 0.4) is 0 Å². The predicted molar refractivity (Wildman–Crippen MR) is 94.6 cm³/mol. The first-order chi connectivity index (χ1) is 11.0. The van der Waals surface area contributed by atoms with Gasteiger partial charge in [0.1, 0.15) is 0 Å². The van der Waals surface area contributed by atoms with E-state index >= 15 is 0 Å². The van der Waals surface area contributed by atoms with Crippen molar-refractivity contribution < 1.29 is 4.79 Å². The summed E-state index contributed by atoms with van der Waals surface area (Å²) in [6.45, 7) is 5.16. The number of carbonyl (C=O) groups is 1. The Labute approximate surface area is 140 Å². The molecule has 132 valence electrons. The van der Waals surface area contributed by atoms with Crippen LogP contribution >= 0.6 is 0 Å². The molecule has 0 aromatic heterocycles. The molecule has 0 bridgehead atoms. The third-order valence-corrected chi connectivity index (χ3v) is 5.25. The second-order valence-corrected chi connectivity index (χ2v) is 6.98. The maximum atomic E-state index is 11.5. The second-order valence-electron chi connectivity index (χ2n) is 6.98. The van der Waals surface area contributed by atoms with Crippen LogP contribution in [0, 0.1) is 5.92 Å².